The van der Waals surface area contributed by atoms with E-state index in [1.807, 2.05) is 6.92 Å². The summed E-state index contributed by atoms with van der Waals surface area (Å²) in [4.78, 5) is 16.8. The molecule has 1 aromatic heterocycles. The van der Waals surface area contributed by atoms with Gasteiger partial charge in [0.05, 0.1) is 17.7 Å². The molecule has 4 nitrogen and oxygen atoms in total. The third kappa shape index (κ3) is 6.50. The summed E-state index contributed by atoms with van der Waals surface area (Å²) in [7, 11) is 0. The van der Waals surface area contributed by atoms with Gasteiger partial charge in [-0.25, -0.2) is 4.98 Å². The van der Waals surface area contributed by atoms with Gasteiger partial charge in [-0.05, 0) is 24.8 Å². The Morgan fingerprint density at radius 3 is 2.74 bits per heavy atom. The van der Waals surface area contributed by atoms with Gasteiger partial charge in [0, 0.05) is 17.2 Å². The summed E-state index contributed by atoms with van der Waals surface area (Å²) >= 11 is 1.54. The average Bonchev–Trinajstić information content (AvgIpc) is 2.70. The topological polar surface area (TPSA) is 62.2 Å². The van der Waals surface area contributed by atoms with E-state index in [0.29, 0.717) is 0 Å². The Bertz CT molecular complexity index is 447. The van der Waals surface area contributed by atoms with Crippen LogP contribution in [0.3, 0.4) is 0 Å². The number of thiazole rings is 1. The first-order valence-electron chi connectivity index (χ1n) is 6.32. The number of amides is 1. The molecular formula is C14H22N2O2S. The van der Waals surface area contributed by atoms with Crippen LogP contribution in [0, 0.1) is 12.3 Å². The lowest BCUT2D eigenvalue weighted by Crippen LogP contribution is -2.39. The summed E-state index contributed by atoms with van der Waals surface area (Å²) in [6.07, 6.45) is 5.70. The fraction of sp³-hybridized carbons (Fsp3) is 0.571. The van der Waals surface area contributed by atoms with Crippen molar-refractivity contribution in [1.29, 1.82) is 0 Å². The van der Waals surface area contributed by atoms with E-state index in [4.69, 9.17) is 0 Å². The lowest BCUT2D eigenvalue weighted by molar-refractivity contribution is -0.117. The van der Waals surface area contributed by atoms with Crippen molar-refractivity contribution in [3.63, 3.8) is 0 Å². The smallest absolute Gasteiger partial charge is 0.244 e. The van der Waals surface area contributed by atoms with Gasteiger partial charge in [-0.3, -0.25) is 4.79 Å². The molecule has 0 bridgehead atoms. The molecule has 1 atom stereocenters. The maximum Gasteiger partial charge on any atom is 0.244 e. The number of hydrogen-bond acceptors (Lipinski definition) is 4. The van der Waals surface area contributed by atoms with Gasteiger partial charge in [0.15, 0.2) is 0 Å². The second-order valence-electron chi connectivity index (χ2n) is 5.77. The lowest BCUT2D eigenvalue weighted by atomic mass is 9.88. The summed E-state index contributed by atoms with van der Waals surface area (Å²) in [6, 6.07) is -0.208. The molecular weight excluding hydrogens is 260 g/mol. The number of carbonyl (C=O) groups is 1. The van der Waals surface area contributed by atoms with Crippen LogP contribution < -0.4 is 5.32 Å². The monoisotopic (exact) mass is 282 g/mol. The average molecular weight is 282 g/mol. The molecule has 0 fully saturated rings. The molecule has 1 heterocycles. The Morgan fingerprint density at radius 1 is 1.58 bits per heavy atom. The van der Waals surface area contributed by atoms with Gasteiger partial charge in [-0.1, -0.05) is 20.8 Å². The number of nitrogens with zero attached hydrogens (tertiary/aromatic N) is 1. The first-order valence-corrected chi connectivity index (χ1v) is 7.13. The zero-order valence-electron chi connectivity index (χ0n) is 11.9. The Kier molecular flexibility index (Phi) is 5.69. The van der Waals surface area contributed by atoms with Crippen LogP contribution >= 0.6 is 11.3 Å². The number of carbonyl (C=O) groups excluding carboxylic acids is 1. The summed E-state index contributed by atoms with van der Waals surface area (Å²) < 4.78 is 0. The van der Waals surface area contributed by atoms with E-state index in [1.54, 1.807) is 12.3 Å². The molecule has 5 heteroatoms. The van der Waals surface area contributed by atoms with E-state index < -0.39 is 0 Å². The van der Waals surface area contributed by atoms with E-state index in [0.717, 1.165) is 16.3 Å². The normalized spacial score (nSPS) is 13.7. The largest absolute Gasteiger partial charge is 0.394 e. The highest BCUT2D eigenvalue weighted by atomic mass is 32.1. The van der Waals surface area contributed by atoms with Crippen molar-refractivity contribution in [2.75, 3.05) is 6.61 Å². The standard InChI is InChI=1S/C14H22N2O2S/c1-10-15-8-12(19-10)5-6-13(18)16-11(9-17)7-14(2,3)4/h5-6,8,11,17H,7,9H2,1-4H3,(H,16,18)/b6-5+. The highest BCUT2D eigenvalue weighted by Crippen LogP contribution is 2.20. The third-order valence-corrected chi connectivity index (χ3v) is 3.34. The number of aliphatic hydroxyl groups excluding tert-OH is 1. The van der Waals surface area contributed by atoms with Crippen LogP contribution in [-0.2, 0) is 4.79 Å². The van der Waals surface area contributed by atoms with Gasteiger partial charge in [-0.15, -0.1) is 11.3 Å². The van der Waals surface area contributed by atoms with Crippen LogP contribution in [0.15, 0.2) is 12.3 Å². The molecule has 0 saturated heterocycles. The lowest BCUT2D eigenvalue weighted by Gasteiger charge is -2.24. The minimum atomic E-state index is -0.208. The molecule has 0 radical (unpaired) electrons. The number of hydrogen-bond donors (Lipinski definition) is 2. The highest BCUT2D eigenvalue weighted by Gasteiger charge is 2.18. The number of aromatic nitrogens is 1. The van der Waals surface area contributed by atoms with Crippen molar-refractivity contribution >= 4 is 23.3 Å². The fourth-order valence-corrected chi connectivity index (χ4v) is 2.45. The summed E-state index contributed by atoms with van der Waals surface area (Å²) in [5, 5.41) is 13.1. The van der Waals surface area contributed by atoms with Gasteiger partial charge < -0.3 is 10.4 Å². The highest BCUT2D eigenvalue weighted by molar-refractivity contribution is 7.12. The maximum atomic E-state index is 11.8. The quantitative estimate of drug-likeness (QED) is 0.815. The molecule has 1 aromatic rings. The zero-order valence-corrected chi connectivity index (χ0v) is 12.8. The van der Waals surface area contributed by atoms with Crippen molar-refractivity contribution < 1.29 is 9.90 Å². The van der Waals surface area contributed by atoms with Crippen LogP contribution in [0.5, 0.6) is 0 Å². The number of rotatable bonds is 5. The third-order valence-electron chi connectivity index (χ3n) is 2.46. The van der Waals surface area contributed by atoms with Crippen LogP contribution in [0.1, 0.15) is 37.1 Å². The first kappa shape index (κ1) is 15.9. The van der Waals surface area contributed by atoms with Crippen molar-refractivity contribution in [3.8, 4) is 0 Å². The van der Waals surface area contributed by atoms with Crippen molar-refractivity contribution in [1.82, 2.24) is 10.3 Å². The molecule has 19 heavy (non-hydrogen) atoms. The predicted molar refractivity (Wildman–Crippen MR) is 79.0 cm³/mol. The van der Waals surface area contributed by atoms with E-state index >= 15 is 0 Å². The molecule has 1 unspecified atom stereocenters. The molecule has 106 valence electrons. The van der Waals surface area contributed by atoms with E-state index in [2.05, 4.69) is 31.1 Å². The Hall–Kier alpha value is -1.20. The van der Waals surface area contributed by atoms with Gasteiger partial charge in [0.1, 0.15) is 0 Å². The predicted octanol–water partition coefficient (Wildman–Crippen LogP) is 2.38. The van der Waals surface area contributed by atoms with E-state index in [9.17, 15) is 9.90 Å². The van der Waals surface area contributed by atoms with Crippen LogP contribution in [-0.4, -0.2) is 28.6 Å². The molecule has 1 rings (SSSR count). The second kappa shape index (κ2) is 6.82. The number of aryl methyl sites for hydroxylation is 1. The first-order chi connectivity index (χ1) is 8.80. The van der Waals surface area contributed by atoms with E-state index in [-0.39, 0.29) is 24.0 Å². The molecule has 0 spiro atoms. The van der Waals surface area contributed by atoms with Crippen molar-refractivity contribution in [2.45, 2.75) is 40.2 Å². The fourth-order valence-electron chi connectivity index (χ4n) is 1.76. The van der Waals surface area contributed by atoms with Crippen LogP contribution in [0.2, 0.25) is 0 Å². The van der Waals surface area contributed by atoms with Gasteiger partial charge in [0.2, 0.25) is 5.91 Å². The van der Waals surface area contributed by atoms with Gasteiger partial charge in [-0.2, -0.15) is 0 Å². The zero-order chi connectivity index (χ0) is 14.5. The second-order valence-corrected chi connectivity index (χ2v) is 7.03. The van der Waals surface area contributed by atoms with Crippen molar-refractivity contribution in [3.05, 3.63) is 22.2 Å². The number of nitrogens with one attached hydrogen (secondary N) is 1. The van der Waals surface area contributed by atoms with Gasteiger partial charge in [0.25, 0.3) is 0 Å². The number of aliphatic hydroxyl groups is 1. The summed E-state index contributed by atoms with van der Waals surface area (Å²) in [5.74, 6) is -0.186. The molecule has 1 amide bonds. The van der Waals surface area contributed by atoms with Gasteiger partial charge >= 0.3 is 0 Å². The van der Waals surface area contributed by atoms with E-state index in [1.165, 1.54) is 17.4 Å². The minimum absolute atomic E-state index is 0.0451. The SMILES string of the molecule is Cc1ncc(/C=C/C(=O)NC(CO)CC(C)(C)C)s1. The van der Waals surface area contributed by atoms with Crippen LogP contribution in [0.25, 0.3) is 6.08 Å². The minimum Gasteiger partial charge on any atom is -0.394 e. The Balaban J connectivity index is 2.51. The molecule has 0 aliphatic rings. The molecule has 0 aromatic carbocycles. The maximum absolute atomic E-state index is 11.8. The molecule has 0 saturated carbocycles. The molecule has 0 aliphatic carbocycles. The Morgan fingerprint density at radius 2 is 2.26 bits per heavy atom. The molecule has 0 aliphatic heterocycles. The summed E-state index contributed by atoms with van der Waals surface area (Å²) in [6.45, 7) is 8.12. The Labute approximate surface area is 118 Å². The van der Waals surface area contributed by atoms with Crippen molar-refractivity contribution in [2.24, 2.45) is 5.41 Å². The summed E-state index contributed by atoms with van der Waals surface area (Å²) in [5.41, 5.74) is 0.0686. The van der Waals surface area contributed by atoms with Crippen LogP contribution in [0.4, 0.5) is 0 Å². The molecule has 2 N–H and O–H groups in total.